The van der Waals surface area contributed by atoms with Crippen LogP contribution in [0.3, 0.4) is 0 Å². The summed E-state index contributed by atoms with van der Waals surface area (Å²) in [5.41, 5.74) is 1.79. The van der Waals surface area contributed by atoms with Crippen molar-refractivity contribution in [3.8, 4) is 11.5 Å². The van der Waals surface area contributed by atoms with Crippen LogP contribution in [0.1, 0.15) is 22.3 Å². The summed E-state index contributed by atoms with van der Waals surface area (Å²) in [6.07, 6.45) is 1.14. The number of methoxy groups -OCH3 is 2. The van der Waals surface area contributed by atoms with E-state index in [0.29, 0.717) is 12.8 Å². The maximum absolute atomic E-state index is 12.1. The maximum Gasteiger partial charge on any atom is 0.163 e. The van der Waals surface area contributed by atoms with Gasteiger partial charge in [-0.3, -0.25) is 4.79 Å². The minimum Gasteiger partial charge on any atom is -0.497 e. The summed E-state index contributed by atoms with van der Waals surface area (Å²) in [7, 11) is 3.24. The number of Topliss-reactive ketones (excluding diaryl/α,β-unsaturated/α-hetero) is 1. The molecule has 3 heteroatoms. The topological polar surface area (TPSA) is 35.5 Å². The van der Waals surface area contributed by atoms with E-state index < -0.39 is 0 Å². The van der Waals surface area contributed by atoms with Gasteiger partial charge in [0.2, 0.25) is 0 Å². The van der Waals surface area contributed by atoms with E-state index in [1.165, 1.54) is 0 Å². The molecule has 0 heterocycles. The lowest BCUT2D eigenvalue weighted by Gasteiger charge is -2.08. The Balaban J connectivity index is 2.05. The highest BCUT2D eigenvalue weighted by atomic mass is 16.5. The molecule has 3 nitrogen and oxygen atoms in total. The molecule has 0 amide bonds. The molecule has 0 atom stereocenters. The standard InChI is InChI=1S/C17H18O3/c1-19-15-10-13(11-16(12-15)20-2)8-9-17(18)14-6-4-3-5-7-14/h3-7,10-12H,8-9H2,1-2H3. The van der Waals surface area contributed by atoms with E-state index in [1.54, 1.807) is 14.2 Å². The zero-order chi connectivity index (χ0) is 14.4. The van der Waals surface area contributed by atoms with Gasteiger partial charge >= 0.3 is 0 Å². The molecule has 0 saturated heterocycles. The molecular formula is C17H18O3. The van der Waals surface area contributed by atoms with Crippen molar-refractivity contribution in [2.45, 2.75) is 12.8 Å². The van der Waals surface area contributed by atoms with Crippen LogP contribution in [0.15, 0.2) is 48.5 Å². The van der Waals surface area contributed by atoms with Gasteiger partial charge in [-0.05, 0) is 24.1 Å². The Kier molecular flexibility index (Phi) is 4.77. The average molecular weight is 270 g/mol. The molecule has 0 bridgehead atoms. The molecule has 2 aromatic carbocycles. The molecule has 0 aromatic heterocycles. The summed E-state index contributed by atoms with van der Waals surface area (Å²) in [4.78, 5) is 12.1. The lowest BCUT2D eigenvalue weighted by molar-refractivity contribution is 0.0983. The van der Waals surface area contributed by atoms with Crippen LogP contribution >= 0.6 is 0 Å². The van der Waals surface area contributed by atoms with Crippen molar-refractivity contribution < 1.29 is 14.3 Å². The summed E-state index contributed by atoms with van der Waals surface area (Å²) in [6, 6.07) is 15.0. The minimum atomic E-state index is 0.146. The third kappa shape index (κ3) is 3.60. The molecule has 0 saturated carbocycles. The Bertz CT molecular complexity index is 554. The molecule has 2 rings (SSSR count). The highest BCUT2D eigenvalue weighted by Crippen LogP contribution is 2.23. The van der Waals surface area contributed by atoms with Gasteiger partial charge in [-0.1, -0.05) is 30.3 Å². The van der Waals surface area contributed by atoms with Gasteiger partial charge in [-0.15, -0.1) is 0 Å². The monoisotopic (exact) mass is 270 g/mol. The van der Waals surface area contributed by atoms with Crippen LogP contribution in [0, 0.1) is 0 Å². The molecule has 0 fully saturated rings. The third-order valence-corrected chi connectivity index (χ3v) is 3.15. The Labute approximate surface area is 119 Å². The van der Waals surface area contributed by atoms with Crippen LogP contribution < -0.4 is 9.47 Å². The normalized spacial score (nSPS) is 10.1. The number of hydrogen-bond donors (Lipinski definition) is 0. The molecule has 0 N–H and O–H groups in total. The average Bonchev–Trinajstić information content (AvgIpc) is 2.53. The summed E-state index contributed by atoms with van der Waals surface area (Å²) >= 11 is 0. The number of carbonyl (C=O) groups excluding carboxylic acids is 1. The third-order valence-electron chi connectivity index (χ3n) is 3.15. The van der Waals surface area contributed by atoms with E-state index in [1.807, 2.05) is 48.5 Å². The highest BCUT2D eigenvalue weighted by molar-refractivity contribution is 5.96. The first-order chi connectivity index (χ1) is 9.72. The van der Waals surface area contributed by atoms with Crippen molar-refractivity contribution in [2.75, 3.05) is 14.2 Å². The van der Waals surface area contributed by atoms with Crippen LogP contribution in [-0.2, 0) is 6.42 Å². The molecule has 2 aromatic rings. The second kappa shape index (κ2) is 6.75. The zero-order valence-corrected chi connectivity index (χ0v) is 11.8. The van der Waals surface area contributed by atoms with Crippen molar-refractivity contribution in [1.29, 1.82) is 0 Å². The van der Waals surface area contributed by atoms with Crippen molar-refractivity contribution in [2.24, 2.45) is 0 Å². The van der Waals surface area contributed by atoms with E-state index in [0.717, 1.165) is 22.6 Å². The number of benzene rings is 2. The second-order valence-electron chi connectivity index (χ2n) is 4.51. The summed E-state index contributed by atoms with van der Waals surface area (Å²) in [6.45, 7) is 0. The van der Waals surface area contributed by atoms with Gasteiger partial charge in [-0.2, -0.15) is 0 Å². The first-order valence-corrected chi connectivity index (χ1v) is 6.53. The van der Waals surface area contributed by atoms with E-state index in [9.17, 15) is 4.79 Å². The Hall–Kier alpha value is -2.29. The molecule has 0 aliphatic rings. The van der Waals surface area contributed by atoms with Gasteiger partial charge < -0.3 is 9.47 Å². The SMILES string of the molecule is COc1cc(CCC(=O)c2ccccc2)cc(OC)c1. The quantitative estimate of drug-likeness (QED) is 0.753. The number of aryl methyl sites for hydroxylation is 1. The number of hydrogen-bond acceptors (Lipinski definition) is 3. The summed E-state index contributed by atoms with van der Waals surface area (Å²) in [5, 5.41) is 0. The minimum absolute atomic E-state index is 0.146. The molecular weight excluding hydrogens is 252 g/mol. The summed E-state index contributed by atoms with van der Waals surface area (Å²) < 4.78 is 10.4. The van der Waals surface area contributed by atoms with E-state index in [-0.39, 0.29) is 5.78 Å². The molecule has 0 spiro atoms. The first-order valence-electron chi connectivity index (χ1n) is 6.53. The molecule has 0 radical (unpaired) electrons. The van der Waals surface area contributed by atoms with Crippen LogP contribution in [0.4, 0.5) is 0 Å². The largest absolute Gasteiger partial charge is 0.497 e. The Morgan fingerprint density at radius 3 is 2.10 bits per heavy atom. The van der Waals surface area contributed by atoms with E-state index in [4.69, 9.17) is 9.47 Å². The fraction of sp³-hybridized carbons (Fsp3) is 0.235. The predicted octanol–water partition coefficient (Wildman–Crippen LogP) is 3.52. The van der Waals surface area contributed by atoms with Crippen LogP contribution in [0.25, 0.3) is 0 Å². The molecule has 0 aliphatic carbocycles. The highest BCUT2D eigenvalue weighted by Gasteiger charge is 2.07. The van der Waals surface area contributed by atoms with Crippen molar-refractivity contribution in [3.05, 3.63) is 59.7 Å². The predicted molar refractivity (Wildman–Crippen MR) is 78.6 cm³/mol. The lowest BCUT2D eigenvalue weighted by atomic mass is 10.0. The fourth-order valence-corrected chi connectivity index (χ4v) is 2.04. The second-order valence-corrected chi connectivity index (χ2v) is 4.51. The van der Waals surface area contributed by atoms with Crippen molar-refractivity contribution >= 4 is 5.78 Å². The molecule has 0 aliphatic heterocycles. The van der Waals surface area contributed by atoms with Gasteiger partial charge in [0, 0.05) is 18.1 Å². The van der Waals surface area contributed by atoms with Crippen molar-refractivity contribution in [3.63, 3.8) is 0 Å². The maximum atomic E-state index is 12.1. The van der Waals surface area contributed by atoms with E-state index >= 15 is 0 Å². The smallest absolute Gasteiger partial charge is 0.163 e. The van der Waals surface area contributed by atoms with Crippen LogP contribution in [0.5, 0.6) is 11.5 Å². The van der Waals surface area contributed by atoms with Crippen molar-refractivity contribution in [1.82, 2.24) is 0 Å². The molecule has 20 heavy (non-hydrogen) atoms. The van der Waals surface area contributed by atoms with Gasteiger partial charge in [-0.25, -0.2) is 0 Å². The zero-order valence-electron chi connectivity index (χ0n) is 11.8. The number of ether oxygens (including phenoxy) is 2. The first kappa shape index (κ1) is 14.1. The van der Waals surface area contributed by atoms with Gasteiger partial charge in [0.25, 0.3) is 0 Å². The Morgan fingerprint density at radius 2 is 1.55 bits per heavy atom. The molecule has 104 valence electrons. The fourth-order valence-electron chi connectivity index (χ4n) is 2.04. The van der Waals surface area contributed by atoms with Gasteiger partial charge in [0.15, 0.2) is 5.78 Å². The van der Waals surface area contributed by atoms with Crippen LogP contribution in [0.2, 0.25) is 0 Å². The lowest BCUT2D eigenvalue weighted by Crippen LogP contribution is -2.01. The number of rotatable bonds is 6. The van der Waals surface area contributed by atoms with Crippen LogP contribution in [-0.4, -0.2) is 20.0 Å². The number of ketones is 1. The number of carbonyl (C=O) groups is 1. The summed E-state index contributed by atoms with van der Waals surface area (Å²) in [5.74, 6) is 1.63. The Morgan fingerprint density at radius 1 is 0.950 bits per heavy atom. The molecule has 0 unspecified atom stereocenters. The van der Waals surface area contributed by atoms with Gasteiger partial charge in [0.1, 0.15) is 11.5 Å². The van der Waals surface area contributed by atoms with Gasteiger partial charge in [0.05, 0.1) is 14.2 Å². The van der Waals surface area contributed by atoms with E-state index in [2.05, 4.69) is 0 Å².